The fourth-order valence-electron chi connectivity index (χ4n) is 3.48. The molecule has 0 aliphatic carbocycles. The lowest BCUT2D eigenvalue weighted by atomic mass is 9.91. The summed E-state index contributed by atoms with van der Waals surface area (Å²) in [5.74, 6) is 4.00. The molecule has 26 heavy (non-hydrogen) atoms. The van der Waals surface area contributed by atoms with Crippen molar-refractivity contribution < 1.29 is 18.9 Å². The van der Waals surface area contributed by atoms with Crippen molar-refractivity contribution in [2.24, 2.45) is 5.92 Å². The van der Waals surface area contributed by atoms with E-state index in [4.69, 9.17) is 18.9 Å². The second-order valence-electron chi connectivity index (χ2n) is 6.75. The van der Waals surface area contributed by atoms with E-state index >= 15 is 0 Å². The predicted molar refractivity (Wildman–Crippen MR) is 103 cm³/mol. The summed E-state index contributed by atoms with van der Waals surface area (Å²) in [5.41, 5.74) is 2.62. The van der Waals surface area contributed by atoms with Gasteiger partial charge in [-0.3, -0.25) is 0 Å². The van der Waals surface area contributed by atoms with Crippen LogP contribution < -0.4 is 18.9 Å². The Morgan fingerprint density at radius 1 is 0.923 bits per heavy atom. The molecule has 1 heterocycles. The maximum atomic E-state index is 5.49. The summed E-state index contributed by atoms with van der Waals surface area (Å²) >= 11 is 0. The van der Waals surface area contributed by atoms with Crippen molar-refractivity contribution in [1.29, 1.82) is 0 Å². The highest BCUT2D eigenvalue weighted by molar-refractivity contribution is 5.44. The number of methoxy groups -OCH3 is 2. The van der Waals surface area contributed by atoms with E-state index in [0.29, 0.717) is 12.7 Å². The van der Waals surface area contributed by atoms with E-state index in [-0.39, 0.29) is 0 Å². The molecule has 140 valence electrons. The number of rotatable bonds is 9. The van der Waals surface area contributed by atoms with Crippen LogP contribution in [-0.2, 0) is 12.8 Å². The Hall–Kier alpha value is -2.36. The molecule has 2 aromatic rings. The largest absolute Gasteiger partial charge is 0.493 e. The molecule has 0 spiro atoms. The van der Waals surface area contributed by atoms with E-state index in [9.17, 15) is 0 Å². The topological polar surface area (TPSA) is 36.9 Å². The molecule has 1 aliphatic heterocycles. The third kappa shape index (κ3) is 4.43. The lowest BCUT2D eigenvalue weighted by Gasteiger charge is -2.15. The van der Waals surface area contributed by atoms with Gasteiger partial charge in [-0.25, -0.2) is 0 Å². The minimum absolute atomic E-state index is 0.335. The van der Waals surface area contributed by atoms with Gasteiger partial charge in [0.2, 0.25) is 6.79 Å². The lowest BCUT2D eigenvalue weighted by Crippen LogP contribution is -2.04. The molecule has 0 saturated heterocycles. The molecule has 0 amide bonds. The van der Waals surface area contributed by atoms with Gasteiger partial charge in [0.1, 0.15) is 0 Å². The van der Waals surface area contributed by atoms with Crippen LogP contribution in [0.3, 0.4) is 0 Å². The van der Waals surface area contributed by atoms with Crippen molar-refractivity contribution >= 4 is 0 Å². The first-order chi connectivity index (χ1) is 12.7. The van der Waals surface area contributed by atoms with Crippen LogP contribution in [0.4, 0.5) is 0 Å². The zero-order chi connectivity index (χ0) is 18.4. The number of hydrogen-bond donors (Lipinski definition) is 0. The van der Waals surface area contributed by atoms with Crippen molar-refractivity contribution in [3.8, 4) is 23.0 Å². The summed E-state index contributed by atoms with van der Waals surface area (Å²) in [6.45, 7) is 2.61. The van der Waals surface area contributed by atoms with Crippen LogP contribution >= 0.6 is 0 Å². The van der Waals surface area contributed by atoms with Crippen LogP contribution in [0.25, 0.3) is 0 Å². The third-order valence-electron chi connectivity index (χ3n) is 5.06. The molecule has 0 N–H and O–H groups in total. The van der Waals surface area contributed by atoms with Crippen LogP contribution in [0.1, 0.15) is 37.3 Å². The van der Waals surface area contributed by atoms with E-state index in [2.05, 4.69) is 31.2 Å². The maximum absolute atomic E-state index is 5.49. The summed E-state index contributed by atoms with van der Waals surface area (Å²) in [7, 11) is 3.35. The van der Waals surface area contributed by atoms with Gasteiger partial charge in [0.25, 0.3) is 0 Å². The van der Waals surface area contributed by atoms with Crippen molar-refractivity contribution in [3.63, 3.8) is 0 Å². The SMILES string of the molecule is CC[C@@H](CCCc1ccc(OC)c(OC)c1)Cc1ccc2c(c1)OCO2. The van der Waals surface area contributed by atoms with Crippen molar-refractivity contribution in [2.45, 2.75) is 39.0 Å². The maximum Gasteiger partial charge on any atom is 0.231 e. The highest BCUT2D eigenvalue weighted by Crippen LogP contribution is 2.34. The Morgan fingerprint density at radius 3 is 2.46 bits per heavy atom. The molecule has 0 aromatic heterocycles. The number of benzene rings is 2. The normalized spacial score (nSPS) is 13.5. The Kier molecular flexibility index (Phi) is 6.26. The minimum Gasteiger partial charge on any atom is -0.493 e. The van der Waals surface area contributed by atoms with E-state index < -0.39 is 0 Å². The zero-order valence-corrected chi connectivity index (χ0v) is 15.9. The first kappa shape index (κ1) is 18.4. The number of ether oxygens (including phenoxy) is 4. The van der Waals surface area contributed by atoms with Crippen LogP contribution in [-0.4, -0.2) is 21.0 Å². The molecule has 0 bridgehead atoms. The van der Waals surface area contributed by atoms with E-state index in [1.807, 2.05) is 12.1 Å². The molecule has 1 atom stereocenters. The molecule has 2 aromatic carbocycles. The Labute approximate surface area is 156 Å². The van der Waals surface area contributed by atoms with Gasteiger partial charge >= 0.3 is 0 Å². The molecule has 4 heteroatoms. The first-order valence-electron chi connectivity index (χ1n) is 9.33. The Morgan fingerprint density at radius 2 is 1.69 bits per heavy atom. The van der Waals surface area contributed by atoms with Crippen molar-refractivity contribution in [3.05, 3.63) is 47.5 Å². The van der Waals surface area contributed by atoms with Gasteiger partial charge < -0.3 is 18.9 Å². The van der Waals surface area contributed by atoms with Gasteiger partial charge in [-0.15, -0.1) is 0 Å². The minimum atomic E-state index is 0.335. The number of aryl methyl sites for hydroxylation is 1. The van der Waals surface area contributed by atoms with E-state index in [1.165, 1.54) is 30.4 Å². The summed E-state index contributed by atoms with van der Waals surface area (Å²) in [5, 5.41) is 0. The lowest BCUT2D eigenvalue weighted by molar-refractivity contribution is 0.174. The van der Waals surface area contributed by atoms with Crippen LogP contribution in [0.5, 0.6) is 23.0 Å². The van der Waals surface area contributed by atoms with Crippen molar-refractivity contribution in [2.75, 3.05) is 21.0 Å². The fraction of sp³-hybridized carbons (Fsp3) is 0.455. The average molecular weight is 356 g/mol. The summed E-state index contributed by atoms with van der Waals surface area (Å²) < 4.78 is 21.6. The van der Waals surface area contributed by atoms with E-state index in [0.717, 1.165) is 35.8 Å². The second-order valence-corrected chi connectivity index (χ2v) is 6.75. The molecule has 0 unspecified atom stereocenters. The highest BCUT2D eigenvalue weighted by Gasteiger charge is 2.15. The zero-order valence-electron chi connectivity index (χ0n) is 15.9. The molecule has 0 fully saturated rings. The van der Waals surface area contributed by atoms with Crippen LogP contribution in [0, 0.1) is 5.92 Å². The van der Waals surface area contributed by atoms with Gasteiger partial charge in [0, 0.05) is 0 Å². The molecular formula is C22H28O4. The Balaban J connectivity index is 1.53. The van der Waals surface area contributed by atoms with E-state index in [1.54, 1.807) is 14.2 Å². The summed E-state index contributed by atoms with van der Waals surface area (Å²) in [6, 6.07) is 12.5. The number of fused-ring (bicyclic) bond motifs is 1. The standard InChI is InChI=1S/C22H28O4/c1-4-16(12-18-9-11-20-22(14-18)26-15-25-20)6-5-7-17-8-10-19(23-2)21(13-17)24-3/h8-11,13-14,16H,4-7,12,15H2,1-3H3/t16-/m0/s1. The molecule has 3 rings (SSSR count). The van der Waals surface area contributed by atoms with Gasteiger partial charge in [-0.1, -0.05) is 25.5 Å². The van der Waals surface area contributed by atoms with Gasteiger partial charge in [0.15, 0.2) is 23.0 Å². The molecular weight excluding hydrogens is 328 g/mol. The van der Waals surface area contributed by atoms with Crippen molar-refractivity contribution in [1.82, 2.24) is 0 Å². The fourth-order valence-corrected chi connectivity index (χ4v) is 3.48. The van der Waals surface area contributed by atoms with Gasteiger partial charge in [-0.05, 0) is 67.0 Å². The first-order valence-corrected chi connectivity index (χ1v) is 9.33. The third-order valence-corrected chi connectivity index (χ3v) is 5.06. The number of hydrogen-bond acceptors (Lipinski definition) is 4. The molecule has 4 nitrogen and oxygen atoms in total. The van der Waals surface area contributed by atoms with Gasteiger partial charge in [0.05, 0.1) is 14.2 Å². The monoisotopic (exact) mass is 356 g/mol. The molecule has 1 aliphatic rings. The predicted octanol–water partition coefficient (Wildman–Crippen LogP) is 5.02. The van der Waals surface area contributed by atoms with Gasteiger partial charge in [-0.2, -0.15) is 0 Å². The summed E-state index contributed by atoms with van der Waals surface area (Å²) in [6.07, 6.45) is 5.69. The smallest absolute Gasteiger partial charge is 0.231 e. The highest BCUT2D eigenvalue weighted by atomic mass is 16.7. The molecule has 0 radical (unpaired) electrons. The quantitative estimate of drug-likeness (QED) is 0.632. The summed E-state index contributed by atoms with van der Waals surface area (Å²) in [4.78, 5) is 0. The molecule has 0 saturated carbocycles. The van der Waals surface area contributed by atoms with Crippen LogP contribution in [0.15, 0.2) is 36.4 Å². The van der Waals surface area contributed by atoms with Crippen LogP contribution in [0.2, 0.25) is 0 Å². The Bertz CT molecular complexity index is 726. The second kappa shape index (κ2) is 8.84. The average Bonchev–Trinajstić information content (AvgIpc) is 3.14.